The zero-order valence-electron chi connectivity index (χ0n) is 7.12. The van der Waals surface area contributed by atoms with Gasteiger partial charge in [0.1, 0.15) is 0 Å². The lowest BCUT2D eigenvalue weighted by Crippen LogP contribution is -2.44. The Kier molecular flexibility index (Phi) is 2.05. The molecule has 2 fully saturated rings. The molecular formula is C9H15NO2. The number of piperidine rings is 1. The first-order valence-electron chi connectivity index (χ1n) is 4.73. The number of carboxylic acid groups (broad SMARTS) is 1. The van der Waals surface area contributed by atoms with Gasteiger partial charge in [0.05, 0.1) is 5.92 Å². The number of fused-ring (bicyclic) bond motifs is 1. The Bertz CT molecular complexity index is 193. The summed E-state index contributed by atoms with van der Waals surface area (Å²) >= 11 is 0. The van der Waals surface area contributed by atoms with Crippen LogP contribution in [0.15, 0.2) is 0 Å². The van der Waals surface area contributed by atoms with E-state index in [2.05, 4.69) is 5.32 Å². The van der Waals surface area contributed by atoms with Crippen LogP contribution in [0.2, 0.25) is 0 Å². The van der Waals surface area contributed by atoms with Crippen molar-refractivity contribution in [3.05, 3.63) is 0 Å². The average Bonchev–Trinajstić information content (AvgIpc) is 2.49. The fourth-order valence-corrected chi connectivity index (χ4v) is 2.52. The molecule has 0 radical (unpaired) electrons. The maximum atomic E-state index is 10.7. The van der Waals surface area contributed by atoms with E-state index in [1.807, 2.05) is 0 Å². The van der Waals surface area contributed by atoms with Crippen LogP contribution in [0.25, 0.3) is 0 Å². The molecule has 0 unspecified atom stereocenters. The molecule has 2 N–H and O–H groups in total. The molecule has 3 heteroatoms. The topological polar surface area (TPSA) is 49.3 Å². The van der Waals surface area contributed by atoms with Gasteiger partial charge in [-0.1, -0.05) is 6.42 Å². The SMILES string of the molecule is O=C(O)[C@H]1CN[C@H]2CCC[C@H]2C1. The Morgan fingerprint density at radius 1 is 1.42 bits per heavy atom. The van der Waals surface area contributed by atoms with Gasteiger partial charge >= 0.3 is 5.97 Å². The van der Waals surface area contributed by atoms with E-state index >= 15 is 0 Å². The summed E-state index contributed by atoms with van der Waals surface area (Å²) in [5.74, 6) is -0.128. The quantitative estimate of drug-likeness (QED) is 0.611. The predicted molar refractivity (Wildman–Crippen MR) is 44.9 cm³/mol. The van der Waals surface area contributed by atoms with E-state index < -0.39 is 5.97 Å². The number of aliphatic carboxylic acids is 1. The highest BCUT2D eigenvalue weighted by atomic mass is 16.4. The van der Waals surface area contributed by atoms with Crippen LogP contribution in [0.3, 0.4) is 0 Å². The number of hydrogen-bond donors (Lipinski definition) is 2. The van der Waals surface area contributed by atoms with Gasteiger partial charge in [-0.15, -0.1) is 0 Å². The monoisotopic (exact) mass is 169 g/mol. The third-order valence-corrected chi connectivity index (χ3v) is 3.22. The van der Waals surface area contributed by atoms with Gasteiger partial charge in [0.25, 0.3) is 0 Å². The van der Waals surface area contributed by atoms with Crippen molar-refractivity contribution in [3.8, 4) is 0 Å². The van der Waals surface area contributed by atoms with E-state index in [9.17, 15) is 4.79 Å². The van der Waals surface area contributed by atoms with Crippen LogP contribution in [0.5, 0.6) is 0 Å². The second-order valence-electron chi connectivity index (χ2n) is 3.98. The number of nitrogens with one attached hydrogen (secondary N) is 1. The molecule has 2 rings (SSSR count). The van der Waals surface area contributed by atoms with E-state index in [1.165, 1.54) is 19.3 Å². The zero-order chi connectivity index (χ0) is 8.55. The van der Waals surface area contributed by atoms with Crippen molar-refractivity contribution in [2.75, 3.05) is 6.54 Å². The van der Waals surface area contributed by atoms with Crippen molar-refractivity contribution in [3.63, 3.8) is 0 Å². The molecule has 1 saturated heterocycles. The summed E-state index contributed by atoms with van der Waals surface area (Å²) in [6.45, 7) is 0.677. The van der Waals surface area contributed by atoms with Gasteiger partial charge in [0.15, 0.2) is 0 Å². The van der Waals surface area contributed by atoms with E-state index in [-0.39, 0.29) is 5.92 Å². The van der Waals surface area contributed by atoms with Crippen molar-refractivity contribution in [1.82, 2.24) is 5.32 Å². The predicted octanol–water partition coefficient (Wildman–Crippen LogP) is 0.849. The second-order valence-corrected chi connectivity index (χ2v) is 3.98. The molecule has 1 aliphatic heterocycles. The van der Waals surface area contributed by atoms with Crippen molar-refractivity contribution in [2.45, 2.75) is 31.7 Å². The molecule has 0 aromatic rings. The minimum atomic E-state index is -0.632. The Labute approximate surface area is 72.2 Å². The number of carbonyl (C=O) groups is 1. The standard InChI is InChI=1S/C9H15NO2/c11-9(12)7-4-6-2-1-3-8(6)10-5-7/h6-8,10H,1-5H2,(H,11,12)/t6-,7+,8-/m0/s1. The minimum absolute atomic E-state index is 0.135. The van der Waals surface area contributed by atoms with Crippen LogP contribution in [0, 0.1) is 11.8 Å². The van der Waals surface area contributed by atoms with E-state index in [1.54, 1.807) is 0 Å². The summed E-state index contributed by atoms with van der Waals surface area (Å²) in [6, 6.07) is 0.626. The van der Waals surface area contributed by atoms with Crippen LogP contribution < -0.4 is 5.32 Å². The first kappa shape index (κ1) is 8.05. The molecule has 3 nitrogen and oxygen atoms in total. The summed E-state index contributed by atoms with van der Waals surface area (Å²) in [5, 5.41) is 12.1. The fraction of sp³-hybridized carbons (Fsp3) is 0.889. The van der Waals surface area contributed by atoms with Crippen LogP contribution in [0.4, 0.5) is 0 Å². The molecule has 0 aromatic heterocycles. The van der Waals surface area contributed by atoms with Crippen LogP contribution in [-0.2, 0) is 4.79 Å². The van der Waals surface area contributed by atoms with Gasteiger partial charge in [0, 0.05) is 12.6 Å². The van der Waals surface area contributed by atoms with Crippen LogP contribution >= 0.6 is 0 Å². The normalized spacial score (nSPS) is 40.8. The first-order chi connectivity index (χ1) is 5.77. The smallest absolute Gasteiger partial charge is 0.307 e. The van der Waals surface area contributed by atoms with Gasteiger partial charge in [-0.05, 0) is 25.2 Å². The molecule has 0 amide bonds. The molecule has 0 spiro atoms. The highest BCUT2D eigenvalue weighted by Crippen LogP contribution is 2.33. The van der Waals surface area contributed by atoms with Crippen LogP contribution in [0.1, 0.15) is 25.7 Å². The number of hydrogen-bond acceptors (Lipinski definition) is 2. The Morgan fingerprint density at radius 2 is 2.25 bits per heavy atom. The third kappa shape index (κ3) is 1.33. The molecule has 1 aliphatic carbocycles. The summed E-state index contributed by atoms with van der Waals surface area (Å²) < 4.78 is 0. The highest BCUT2D eigenvalue weighted by molar-refractivity contribution is 5.70. The zero-order valence-corrected chi connectivity index (χ0v) is 7.12. The highest BCUT2D eigenvalue weighted by Gasteiger charge is 2.35. The van der Waals surface area contributed by atoms with Crippen molar-refractivity contribution < 1.29 is 9.90 Å². The largest absolute Gasteiger partial charge is 0.481 e. The molecule has 68 valence electrons. The summed E-state index contributed by atoms with van der Waals surface area (Å²) in [6.07, 6.45) is 4.64. The van der Waals surface area contributed by atoms with Crippen molar-refractivity contribution >= 4 is 5.97 Å². The lowest BCUT2D eigenvalue weighted by molar-refractivity contribution is -0.143. The molecule has 2 aliphatic rings. The summed E-state index contributed by atoms with van der Waals surface area (Å²) in [7, 11) is 0. The maximum Gasteiger partial charge on any atom is 0.307 e. The van der Waals surface area contributed by atoms with Gasteiger partial charge in [-0.25, -0.2) is 0 Å². The Balaban J connectivity index is 1.96. The van der Waals surface area contributed by atoms with Crippen LogP contribution in [-0.4, -0.2) is 23.7 Å². The molecule has 0 aromatic carbocycles. The number of carboxylic acids is 1. The molecule has 12 heavy (non-hydrogen) atoms. The molecule has 1 heterocycles. The van der Waals surface area contributed by atoms with E-state index in [4.69, 9.17) is 5.11 Å². The van der Waals surface area contributed by atoms with Gasteiger partial charge in [0.2, 0.25) is 0 Å². The van der Waals surface area contributed by atoms with Gasteiger partial charge in [-0.2, -0.15) is 0 Å². The Hall–Kier alpha value is -0.570. The van der Waals surface area contributed by atoms with E-state index in [0.717, 1.165) is 6.42 Å². The van der Waals surface area contributed by atoms with Crippen molar-refractivity contribution in [1.29, 1.82) is 0 Å². The van der Waals surface area contributed by atoms with Gasteiger partial charge in [-0.3, -0.25) is 4.79 Å². The minimum Gasteiger partial charge on any atom is -0.481 e. The summed E-state index contributed by atoms with van der Waals surface area (Å²) in [4.78, 5) is 10.7. The molecular weight excluding hydrogens is 154 g/mol. The maximum absolute atomic E-state index is 10.7. The number of rotatable bonds is 1. The fourth-order valence-electron chi connectivity index (χ4n) is 2.52. The lowest BCUT2D eigenvalue weighted by atomic mass is 9.86. The molecule has 1 saturated carbocycles. The van der Waals surface area contributed by atoms with Crippen molar-refractivity contribution in [2.24, 2.45) is 11.8 Å². The first-order valence-corrected chi connectivity index (χ1v) is 4.73. The third-order valence-electron chi connectivity index (χ3n) is 3.22. The lowest BCUT2D eigenvalue weighted by Gasteiger charge is -2.30. The average molecular weight is 169 g/mol. The summed E-state index contributed by atoms with van der Waals surface area (Å²) in [5.41, 5.74) is 0. The molecule has 0 bridgehead atoms. The van der Waals surface area contributed by atoms with E-state index in [0.29, 0.717) is 18.5 Å². The second kappa shape index (κ2) is 3.05. The molecule has 3 atom stereocenters. The van der Waals surface area contributed by atoms with Gasteiger partial charge < -0.3 is 10.4 Å². The Morgan fingerprint density at radius 3 is 3.00 bits per heavy atom.